The molecule has 3 amide bonds. The molecule has 1 aromatic rings. The zero-order chi connectivity index (χ0) is 21.6. The molecule has 0 radical (unpaired) electrons. The summed E-state index contributed by atoms with van der Waals surface area (Å²) in [5.74, 6) is 0.110. The van der Waals surface area contributed by atoms with Gasteiger partial charge >= 0.3 is 12.2 Å². The number of likely N-dealkylation sites (tertiary alicyclic amines) is 1. The number of piperidine rings is 1. The van der Waals surface area contributed by atoms with Crippen molar-refractivity contribution in [2.24, 2.45) is 11.8 Å². The minimum absolute atomic E-state index is 0.0356. The van der Waals surface area contributed by atoms with Crippen molar-refractivity contribution < 1.29 is 22.8 Å². The Morgan fingerprint density at radius 2 is 2.07 bits per heavy atom. The third kappa shape index (κ3) is 6.11. The first-order valence-electron chi connectivity index (χ1n) is 9.49. The van der Waals surface area contributed by atoms with Gasteiger partial charge in [0.2, 0.25) is 5.91 Å². The van der Waals surface area contributed by atoms with Gasteiger partial charge in [-0.15, -0.1) is 0 Å². The van der Waals surface area contributed by atoms with Crippen LogP contribution in [0.2, 0.25) is 0 Å². The Labute approximate surface area is 168 Å². The van der Waals surface area contributed by atoms with E-state index in [0.29, 0.717) is 25.9 Å². The molecular weight excluding hydrogens is 385 g/mol. The first-order chi connectivity index (χ1) is 13.7. The third-order valence-electron chi connectivity index (χ3n) is 5.31. The Kier molecular flexibility index (Phi) is 7.48. The normalized spacial score (nSPS) is 19.4. The van der Waals surface area contributed by atoms with Crippen LogP contribution in [0.25, 0.3) is 0 Å². The topological polar surface area (TPSA) is 76.4 Å². The van der Waals surface area contributed by atoms with Gasteiger partial charge in [0.25, 0.3) is 0 Å². The first-order valence-corrected chi connectivity index (χ1v) is 9.49. The van der Waals surface area contributed by atoms with Gasteiger partial charge in [-0.3, -0.25) is 4.79 Å². The number of carbonyl (C=O) groups is 2. The largest absolute Gasteiger partial charge is 0.416 e. The number of alkyl halides is 3. The summed E-state index contributed by atoms with van der Waals surface area (Å²) in [4.78, 5) is 27.7. The van der Waals surface area contributed by atoms with Gasteiger partial charge in [0.15, 0.2) is 0 Å². The predicted molar refractivity (Wildman–Crippen MR) is 102 cm³/mol. The molecule has 2 atom stereocenters. The highest BCUT2D eigenvalue weighted by Crippen LogP contribution is 2.32. The van der Waals surface area contributed by atoms with E-state index < -0.39 is 17.8 Å². The number of anilines is 1. The van der Waals surface area contributed by atoms with E-state index in [1.807, 2.05) is 13.0 Å². The quantitative estimate of drug-likeness (QED) is 0.747. The molecule has 1 saturated heterocycles. The lowest BCUT2D eigenvalue weighted by Crippen LogP contribution is -2.46. The zero-order valence-electron chi connectivity index (χ0n) is 16.5. The Hall–Kier alpha value is -2.76. The van der Waals surface area contributed by atoms with Crippen molar-refractivity contribution in [2.45, 2.75) is 32.4 Å². The fraction of sp³-hybridized carbons (Fsp3) is 0.550. The SMILES string of the molecule is CC[C@@H]1CN(C(=O)Nc2cccc(C(F)(F)F)c2)CC[C@H]1CC(=O)N(C)CC#N. The molecule has 158 valence electrons. The van der Waals surface area contributed by atoms with Gasteiger partial charge in [0, 0.05) is 32.2 Å². The Morgan fingerprint density at radius 1 is 1.34 bits per heavy atom. The molecular formula is C20H25F3N4O2. The summed E-state index contributed by atoms with van der Waals surface area (Å²) in [5, 5.41) is 11.2. The highest BCUT2D eigenvalue weighted by molar-refractivity contribution is 5.89. The summed E-state index contributed by atoms with van der Waals surface area (Å²) in [7, 11) is 1.59. The molecule has 0 bridgehead atoms. The second kappa shape index (κ2) is 9.63. The number of nitrogens with zero attached hydrogens (tertiary/aromatic N) is 3. The molecule has 1 fully saturated rings. The Morgan fingerprint density at radius 3 is 2.69 bits per heavy atom. The van der Waals surface area contributed by atoms with Gasteiger partial charge in [-0.1, -0.05) is 19.4 Å². The van der Waals surface area contributed by atoms with E-state index in [9.17, 15) is 22.8 Å². The lowest BCUT2D eigenvalue weighted by atomic mass is 9.81. The highest BCUT2D eigenvalue weighted by atomic mass is 19.4. The minimum Gasteiger partial charge on any atom is -0.332 e. The van der Waals surface area contributed by atoms with Gasteiger partial charge in [-0.2, -0.15) is 18.4 Å². The van der Waals surface area contributed by atoms with Gasteiger partial charge in [-0.25, -0.2) is 4.79 Å². The van der Waals surface area contributed by atoms with Gasteiger partial charge in [-0.05, 0) is 36.5 Å². The number of urea groups is 1. The lowest BCUT2D eigenvalue weighted by Gasteiger charge is -2.38. The van der Waals surface area contributed by atoms with Crippen LogP contribution in [0.4, 0.5) is 23.7 Å². The summed E-state index contributed by atoms with van der Waals surface area (Å²) in [6.45, 7) is 2.87. The van der Waals surface area contributed by atoms with E-state index in [2.05, 4.69) is 5.32 Å². The molecule has 2 rings (SSSR count). The van der Waals surface area contributed by atoms with Crippen LogP contribution in [-0.4, -0.2) is 48.4 Å². The fourth-order valence-electron chi connectivity index (χ4n) is 3.55. The molecule has 0 aromatic heterocycles. The van der Waals surface area contributed by atoms with E-state index in [1.54, 1.807) is 11.9 Å². The number of nitriles is 1. The second-order valence-electron chi connectivity index (χ2n) is 7.28. The van der Waals surface area contributed by atoms with Crippen LogP contribution in [0.3, 0.4) is 0 Å². The second-order valence-corrected chi connectivity index (χ2v) is 7.28. The molecule has 6 nitrogen and oxygen atoms in total. The van der Waals surface area contributed by atoms with Crippen molar-refractivity contribution in [3.63, 3.8) is 0 Å². The molecule has 1 heterocycles. The summed E-state index contributed by atoms with van der Waals surface area (Å²) in [6, 6.07) is 6.02. The smallest absolute Gasteiger partial charge is 0.332 e. The van der Waals surface area contributed by atoms with Crippen molar-refractivity contribution in [1.82, 2.24) is 9.80 Å². The maximum Gasteiger partial charge on any atom is 0.416 e. The zero-order valence-corrected chi connectivity index (χ0v) is 16.5. The molecule has 1 aliphatic heterocycles. The van der Waals surface area contributed by atoms with Crippen LogP contribution < -0.4 is 5.32 Å². The molecule has 29 heavy (non-hydrogen) atoms. The van der Waals surface area contributed by atoms with Crippen LogP contribution in [0.15, 0.2) is 24.3 Å². The Bertz CT molecular complexity index is 776. The van der Waals surface area contributed by atoms with E-state index in [0.717, 1.165) is 18.6 Å². The molecule has 1 N–H and O–H groups in total. The van der Waals surface area contributed by atoms with Crippen LogP contribution in [0.1, 0.15) is 31.7 Å². The number of benzene rings is 1. The average Bonchev–Trinajstić information content (AvgIpc) is 2.67. The molecule has 9 heteroatoms. The average molecular weight is 410 g/mol. The molecule has 0 spiro atoms. The van der Waals surface area contributed by atoms with Gasteiger partial charge in [0.05, 0.1) is 11.6 Å². The number of hydrogen-bond donors (Lipinski definition) is 1. The van der Waals surface area contributed by atoms with Crippen molar-refractivity contribution in [3.8, 4) is 6.07 Å². The van der Waals surface area contributed by atoms with E-state index >= 15 is 0 Å². The number of rotatable bonds is 5. The number of hydrogen-bond acceptors (Lipinski definition) is 3. The van der Waals surface area contributed by atoms with Crippen LogP contribution in [0.5, 0.6) is 0 Å². The number of amides is 3. The van der Waals surface area contributed by atoms with Gasteiger partial charge < -0.3 is 15.1 Å². The number of carbonyl (C=O) groups excluding carboxylic acids is 2. The number of halogens is 3. The molecule has 0 saturated carbocycles. The summed E-state index contributed by atoms with van der Waals surface area (Å²) < 4.78 is 38.5. The summed E-state index contributed by atoms with van der Waals surface area (Å²) in [5.41, 5.74) is -0.728. The predicted octanol–water partition coefficient (Wildman–Crippen LogP) is 3.96. The maximum atomic E-state index is 12.8. The van der Waals surface area contributed by atoms with Crippen LogP contribution in [0, 0.1) is 23.2 Å². The van der Waals surface area contributed by atoms with Crippen LogP contribution >= 0.6 is 0 Å². The molecule has 1 aromatic carbocycles. The van der Waals surface area contributed by atoms with Crippen molar-refractivity contribution >= 4 is 17.6 Å². The molecule has 0 aliphatic carbocycles. The first kappa shape index (κ1) is 22.5. The summed E-state index contributed by atoms with van der Waals surface area (Å²) >= 11 is 0. The van der Waals surface area contributed by atoms with Crippen LogP contribution in [-0.2, 0) is 11.0 Å². The molecule has 1 aliphatic rings. The Balaban J connectivity index is 1.97. The third-order valence-corrected chi connectivity index (χ3v) is 5.31. The van der Waals surface area contributed by atoms with Crippen molar-refractivity contribution in [1.29, 1.82) is 5.26 Å². The maximum absolute atomic E-state index is 12.8. The monoisotopic (exact) mass is 410 g/mol. The lowest BCUT2D eigenvalue weighted by molar-refractivity contribution is -0.137. The standard InChI is InChI=1S/C20H25F3N4O2/c1-3-14-13-27(9-7-15(14)11-18(28)26(2)10-8-24)19(29)25-17-6-4-5-16(12-17)20(21,22)23/h4-6,12,14-15H,3,7,9-11,13H2,1-2H3,(H,25,29)/t14-,15+/m1/s1. The van der Waals surface area contributed by atoms with Gasteiger partial charge in [0.1, 0.15) is 6.54 Å². The molecule has 0 unspecified atom stereocenters. The van der Waals surface area contributed by atoms with E-state index in [1.165, 1.54) is 17.0 Å². The number of nitrogens with one attached hydrogen (secondary N) is 1. The van der Waals surface area contributed by atoms with Crippen molar-refractivity contribution in [3.05, 3.63) is 29.8 Å². The highest BCUT2D eigenvalue weighted by Gasteiger charge is 2.33. The van der Waals surface area contributed by atoms with Crippen molar-refractivity contribution in [2.75, 3.05) is 32.0 Å². The van der Waals surface area contributed by atoms with E-state index in [4.69, 9.17) is 5.26 Å². The minimum atomic E-state index is -4.47. The fourth-order valence-corrected chi connectivity index (χ4v) is 3.55. The summed E-state index contributed by atoms with van der Waals surface area (Å²) in [6.07, 6.45) is -2.76. The van der Waals surface area contributed by atoms with E-state index in [-0.39, 0.29) is 30.0 Å².